The molecule has 4 nitrogen and oxygen atoms in total. The third kappa shape index (κ3) is 1.53. The first-order chi connectivity index (χ1) is 7.90. The molecule has 1 N–H and O–H groups in total. The van der Waals surface area contributed by atoms with E-state index in [1.165, 1.54) is 5.56 Å². The molecule has 84 valence electrons. The zero-order valence-corrected chi connectivity index (χ0v) is 9.89. The normalized spacial score (nSPS) is 20.7. The van der Waals surface area contributed by atoms with E-state index in [0.29, 0.717) is 6.04 Å². The number of thioether (sulfide) groups is 1. The third-order valence-electron chi connectivity index (χ3n) is 3.34. The molecule has 2 aliphatic heterocycles. The molecule has 1 saturated heterocycles. The minimum Gasteiger partial charge on any atom is -0.317 e. The molecule has 0 bridgehead atoms. The van der Waals surface area contributed by atoms with Crippen LogP contribution in [-0.2, 0) is 11.5 Å². The molecule has 0 spiro atoms. The molecule has 0 unspecified atom stereocenters. The lowest BCUT2D eigenvalue weighted by Gasteiger charge is -2.23. The molecule has 1 fully saturated rings. The van der Waals surface area contributed by atoms with Crippen molar-refractivity contribution in [2.24, 2.45) is 0 Å². The Morgan fingerprint density at radius 2 is 2.19 bits per heavy atom. The lowest BCUT2D eigenvalue weighted by molar-refractivity contribution is 0.340. The highest BCUT2D eigenvalue weighted by molar-refractivity contribution is 7.98. The first-order valence-electron chi connectivity index (χ1n) is 5.69. The minimum absolute atomic E-state index is 0.423. The second-order valence-corrected chi connectivity index (χ2v) is 5.29. The van der Waals surface area contributed by atoms with Crippen LogP contribution in [-0.4, -0.2) is 22.9 Å². The molecule has 3 heterocycles. The summed E-state index contributed by atoms with van der Waals surface area (Å²) < 4.78 is 1.99. The van der Waals surface area contributed by atoms with E-state index in [1.54, 1.807) is 0 Å². The zero-order valence-electron chi connectivity index (χ0n) is 9.07. The van der Waals surface area contributed by atoms with Gasteiger partial charge < -0.3 is 5.32 Å². The molecule has 1 aromatic rings. The molecule has 2 aliphatic rings. The van der Waals surface area contributed by atoms with Gasteiger partial charge >= 0.3 is 0 Å². The van der Waals surface area contributed by atoms with Crippen molar-refractivity contribution < 1.29 is 0 Å². The second kappa shape index (κ2) is 4.11. The van der Waals surface area contributed by atoms with Gasteiger partial charge in [0.05, 0.1) is 11.7 Å². The zero-order chi connectivity index (χ0) is 11.0. The molecule has 0 radical (unpaired) electrons. The Morgan fingerprint density at radius 3 is 2.94 bits per heavy atom. The number of nitrogens with one attached hydrogen (secondary N) is 1. The van der Waals surface area contributed by atoms with Crippen LogP contribution in [0, 0.1) is 11.3 Å². The molecule has 16 heavy (non-hydrogen) atoms. The summed E-state index contributed by atoms with van der Waals surface area (Å²) in [5, 5.41) is 17.2. The lowest BCUT2D eigenvalue weighted by Crippen LogP contribution is -2.30. The van der Waals surface area contributed by atoms with Gasteiger partial charge in [0.2, 0.25) is 0 Å². The number of hydrogen-bond acceptors (Lipinski definition) is 4. The first kappa shape index (κ1) is 10.2. The molecular weight excluding hydrogens is 220 g/mol. The maximum Gasteiger partial charge on any atom is 0.143 e. The van der Waals surface area contributed by atoms with E-state index in [2.05, 4.69) is 16.5 Å². The fraction of sp³-hybridized carbons (Fsp3) is 0.636. The van der Waals surface area contributed by atoms with Gasteiger partial charge in [0, 0.05) is 17.1 Å². The fourth-order valence-electron chi connectivity index (χ4n) is 2.47. The van der Waals surface area contributed by atoms with Gasteiger partial charge in [-0.25, -0.2) is 0 Å². The van der Waals surface area contributed by atoms with Gasteiger partial charge in [0.15, 0.2) is 0 Å². The van der Waals surface area contributed by atoms with Crippen LogP contribution in [0.5, 0.6) is 0 Å². The van der Waals surface area contributed by atoms with E-state index in [4.69, 9.17) is 0 Å². The van der Waals surface area contributed by atoms with E-state index < -0.39 is 0 Å². The van der Waals surface area contributed by atoms with Crippen molar-refractivity contribution >= 4 is 11.8 Å². The monoisotopic (exact) mass is 234 g/mol. The highest BCUT2D eigenvalue weighted by Crippen LogP contribution is 2.33. The van der Waals surface area contributed by atoms with Crippen molar-refractivity contribution in [3.05, 3.63) is 17.0 Å². The number of piperidine rings is 1. The summed E-state index contributed by atoms with van der Waals surface area (Å²) in [6.07, 6.45) is 2.17. The summed E-state index contributed by atoms with van der Waals surface area (Å²) in [6.45, 7) is 2.07. The number of hydrogen-bond donors (Lipinski definition) is 1. The van der Waals surface area contributed by atoms with E-state index in [1.807, 2.05) is 16.4 Å². The van der Waals surface area contributed by atoms with Crippen LogP contribution >= 0.6 is 11.8 Å². The van der Waals surface area contributed by atoms with Gasteiger partial charge in [-0.15, -0.1) is 0 Å². The smallest absolute Gasteiger partial charge is 0.143 e. The van der Waals surface area contributed by atoms with E-state index in [-0.39, 0.29) is 0 Å². The van der Waals surface area contributed by atoms with Crippen LogP contribution in [0.1, 0.15) is 35.8 Å². The average molecular weight is 234 g/mol. The molecule has 0 amide bonds. The Bertz CT molecular complexity index is 440. The van der Waals surface area contributed by atoms with Crippen LogP contribution in [0.4, 0.5) is 0 Å². The van der Waals surface area contributed by atoms with Crippen molar-refractivity contribution in [2.75, 3.05) is 13.1 Å². The van der Waals surface area contributed by atoms with Crippen molar-refractivity contribution in [3.63, 3.8) is 0 Å². The lowest BCUT2D eigenvalue weighted by atomic mass is 10.1. The Labute approximate surface area is 99.0 Å². The van der Waals surface area contributed by atoms with Gasteiger partial charge in [-0.05, 0) is 25.9 Å². The van der Waals surface area contributed by atoms with Crippen LogP contribution < -0.4 is 5.32 Å². The topological polar surface area (TPSA) is 53.6 Å². The van der Waals surface area contributed by atoms with Crippen molar-refractivity contribution in [3.8, 4) is 6.07 Å². The van der Waals surface area contributed by atoms with Gasteiger partial charge in [0.1, 0.15) is 11.8 Å². The maximum absolute atomic E-state index is 9.27. The van der Waals surface area contributed by atoms with Crippen LogP contribution in [0.3, 0.4) is 0 Å². The summed E-state index contributed by atoms with van der Waals surface area (Å²) in [7, 11) is 0. The average Bonchev–Trinajstić information content (AvgIpc) is 2.89. The van der Waals surface area contributed by atoms with Crippen molar-refractivity contribution in [2.45, 2.75) is 30.4 Å². The van der Waals surface area contributed by atoms with Crippen LogP contribution in [0.25, 0.3) is 0 Å². The van der Waals surface area contributed by atoms with Crippen molar-refractivity contribution in [1.82, 2.24) is 15.1 Å². The second-order valence-electron chi connectivity index (χ2n) is 4.30. The van der Waals surface area contributed by atoms with Gasteiger partial charge in [-0.3, -0.25) is 4.68 Å². The molecule has 0 aromatic carbocycles. The maximum atomic E-state index is 9.27. The molecule has 0 aliphatic carbocycles. The summed E-state index contributed by atoms with van der Waals surface area (Å²) in [4.78, 5) is 0. The molecule has 1 aromatic heterocycles. The van der Waals surface area contributed by atoms with Gasteiger partial charge in [0.25, 0.3) is 0 Å². The third-order valence-corrected chi connectivity index (χ3v) is 4.31. The standard InChI is InChI=1S/C11H14N4S/c12-5-11-9-6-16-7-10(9)14-15(11)8-1-3-13-4-2-8/h8,13H,1-4,6-7H2. The van der Waals surface area contributed by atoms with Crippen LogP contribution in [0.15, 0.2) is 0 Å². The fourth-order valence-corrected chi connectivity index (χ4v) is 3.50. The minimum atomic E-state index is 0.423. The number of fused-ring (bicyclic) bond motifs is 1. The molecule has 0 saturated carbocycles. The Morgan fingerprint density at radius 1 is 1.38 bits per heavy atom. The van der Waals surface area contributed by atoms with Gasteiger partial charge in [-0.1, -0.05) is 0 Å². The number of nitriles is 1. The predicted octanol–water partition coefficient (Wildman–Crippen LogP) is 1.43. The molecule has 3 rings (SSSR count). The highest BCUT2D eigenvalue weighted by atomic mass is 32.2. The van der Waals surface area contributed by atoms with E-state index in [0.717, 1.165) is 48.8 Å². The molecule has 5 heteroatoms. The number of nitrogens with zero attached hydrogens (tertiary/aromatic N) is 3. The number of rotatable bonds is 1. The summed E-state index contributed by atoms with van der Waals surface area (Å²) in [5.41, 5.74) is 3.14. The quantitative estimate of drug-likeness (QED) is 0.798. The van der Waals surface area contributed by atoms with Gasteiger partial charge in [-0.2, -0.15) is 22.1 Å². The van der Waals surface area contributed by atoms with Crippen LogP contribution in [0.2, 0.25) is 0 Å². The summed E-state index contributed by atoms with van der Waals surface area (Å²) >= 11 is 1.86. The summed E-state index contributed by atoms with van der Waals surface area (Å²) in [5.74, 6) is 1.94. The number of aromatic nitrogens is 2. The Balaban J connectivity index is 1.97. The Hall–Kier alpha value is -0.990. The molecule has 0 atom stereocenters. The SMILES string of the molecule is N#Cc1c2c(nn1C1CCNCC1)CSC2. The predicted molar refractivity (Wildman–Crippen MR) is 63.1 cm³/mol. The van der Waals surface area contributed by atoms with E-state index >= 15 is 0 Å². The molecular formula is C11H14N4S. The summed E-state index contributed by atoms with van der Waals surface area (Å²) in [6, 6.07) is 2.76. The Kier molecular flexibility index (Phi) is 2.62. The van der Waals surface area contributed by atoms with E-state index in [9.17, 15) is 5.26 Å². The highest BCUT2D eigenvalue weighted by Gasteiger charge is 2.26. The first-order valence-corrected chi connectivity index (χ1v) is 6.84. The largest absolute Gasteiger partial charge is 0.317 e. The van der Waals surface area contributed by atoms with Crippen molar-refractivity contribution in [1.29, 1.82) is 5.26 Å².